The highest BCUT2D eigenvalue weighted by molar-refractivity contribution is 6.30. The maximum Gasteiger partial charge on any atom is 0.238 e. The number of carbonyl (C=O) groups excluding carboxylic acids is 2. The van der Waals surface area contributed by atoms with Crippen LogP contribution >= 0.6 is 11.6 Å². The first-order valence-electron chi connectivity index (χ1n) is 10.1. The Hall–Kier alpha value is -2.59. The molecule has 3 aliphatic rings. The van der Waals surface area contributed by atoms with Crippen LogP contribution in [0.4, 0.5) is 5.69 Å². The highest BCUT2D eigenvalue weighted by Gasteiger charge is 2.60. The third-order valence-corrected chi connectivity index (χ3v) is 6.84. The Morgan fingerprint density at radius 3 is 2.62 bits per heavy atom. The van der Waals surface area contributed by atoms with Crippen molar-refractivity contribution in [2.24, 2.45) is 0 Å². The predicted molar refractivity (Wildman–Crippen MR) is 114 cm³/mol. The van der Waals surface area contributed by atoms with Gasteiger partial charge in [0.05, 0.1) is 6.04 Å². The maximum atomic E-state index is 13.7. The molecule has 1 spiro atoms. The molecule has 0 radical (unpaired) electrons. The highest BCUT2D eigenvalue weighted by atomic mass is 35.5. The monoisotopic (exact) mass is 406 g/mol. The van der Waals surface area contributed by atoms with E-state index in [4.69, 9.17) is 11.6 Å². The lowest BCUT2D eigenvalue weighted by atomic mass is 9.59. The number of rotatable bonds is 3. The third-order valence-electron chi connectivity index (χ3n) is 6.61. The van der Waals surface area contributed by atoms with E-state index in [1.54, 1.807) is 6.07 Å². The molecule has 1 saturated heterocycles. The molecule has 2 fully saturated rings. The molecule has 2 heterocycles. The summed E-state index contributed by atoms with van der Waals surface area (Å²) < 4.78 is 0. The average molecular weight is 407 g/mol. The SMILES string of the molecule is C=C(C)C1NC(=O)CC(c2cccc(Cl)c2)C12C(=O)Nc1cc(C3CC3)ccc12. The fraction of sp³-hybridized carbons (Fsp3) is 0.333. The van der Waals surface area contributed by atoms with E-state index in [-0.39, 0.29) is 24.2 Å². The minimum absolute atomic E-state index is 0.0792. The molecule has 5 heteroatoms. The summed E-state index contributed by atoms with van der Waals surface area (Å²) in [5.41, 5.74) is 3.78. The van der Waals surface area contributed by atoms with Gasteiger partial charge in [0.25, 0.3) is 0 Å². The molecule has 3 unspecified atom stereocenters. The normalized spacial score (nSPS) is 28.1. The molecule has 5 rings (SSSR count). The smallest absolute Gasteiger partial charge is 0.238 e. The Morgan fingerprint density at radius 2 is 1.93 bits per heavy atom. The first kappa shape index (κ1) is 18.4. The first-order chi connectivity index (χ1) is 13.9. The van der Waals surface area contributed by atoms with Gasteiger partial charge in [-0.3, -0.25) is 9.59 Å². The van der Waals surface area contributed by atoms with Crippen molar-refractivity contribution in [3.05, 3.63) is 76.3 Å². The number of carbonyl (C=O) groups is 2. The molecular weight excluding hydrogens is 384 g/mol. The summed E-state index contributed by atoms with van der Waals surface area (Å²) in [7, 11) is 0. The van der Waals surface area contributed by atoms with Gasteiger partial charge in [0.1, 0.15) is 5.41 Å². The second-order valence-electron chi connectivity index (χ2n) is 8.56. The van der Waals surface area contributed by atoms with Gasteiger partial charge in [-0.05, 0) is 60.6 Å². The molecule has 2 aliphatic heterocycles. The van der Waals surface area contributed by atoms with Gasteiger partial charge < -0.3 is 10.6 Å². The van der Waals surface area contributed by atoms with Gasteiger partial charge in [-0.15, -0.1) is 0 Å². The van der Waals surface area contributed by atoms with Crippen molar-refractivity contribution in [1.82, 2.24) is 5.32 Å². The zero-order valence-corrected chi connectivity index (χ0v) is 17.1. The number of piperidine rings is 1. The Balaban J connectivity index is 1.74. The number of anilines is 1. The van der Waals surface area contributed by atoms with E-state index in [2.05, 4.69) is 35.4 Å². The van der Waals surface area contributed by atoms with Crippen LogP contribution in [0.1, 0.15) is 54.7 Å². The van der Waals surface area contributed by atoms with Crippen LogP contribution in [0.3, 0.4) is 0 Å². The van der Waals surface area contributed by atoms with Crippen molar-refractivity contribution in [2.45, 2.75) is 49.5 Å². The summed E-state index contributed by atoms with van der Waals surface area (Å²) in [5.74, 6) is 0.105. The molecular formula is C24H23ClN2O2. The molecule has 29 heavy (non-hydrogen) atoms. The standard InChI is InChI=1S/C24H23ClN2O2/c1-13(2)22-24(19(12-21(28)27-22)16-4-3-5-17(25)10-16)18-9-8-15(14-6-7-14)11-20(18)26-23(24)29/h3-5,8-11,14,19,22H,1,6-7,12H2,2H3,(H,26,29)(H,27,28). The second kappa shape index (κ2) is 6.46. The van der Waals surface area contributed by atoms with Crippen LogP contribution in [0.5, 0.6) is 0 Å². The number of amides is 2. The molecule has 3 atom stereocenters. The molecule has 148 valence electrons. The van der Waals surface area contributed by atoms with Gasteiger partial charge in [0.2, 0.25) is 11.8 Å². The van der Waals surface area contributed by atoms with E-state index in [0.717, 1.165) is 22.4 Å². The Kier molecular flexibility index (Phi) is 4.11. The van der Waals surface area contributed by atoms with Crippen LogP contribution in [-0.4, -0.2) is 17.9 Å². The largest absolute Gasteiger partial charge is 0.348 e. The third kappa shape index (κ3) is 2.73. The average Bonchev–Trinajstić information content (AvgIpc) is 3.49. The van der Waals surface area contributed by atoms with Crippen molar-refractivity contribution >= 4 is 29.1 Å². The molecule has 2 amide bonds. The minimum Gasteiger partial charge on any atom is -0.348 e. The van der Waals surface area contributed by atoms with Crippen molar-refractivity contribution in [1.29, 1.82) is 0 Å². The number of nitrogens with one attached hydrogen (secondary N) is 2. The van der Waals surface area contributed by atoms with Gasteiger partial charge in [-0.25, -0.2) is 0 Å². The fourth-order valence-corrected chi connectivity index (χ4v) is 5.37. The lowest BCUT2D eigenvalue weighted by Gasteiger charge is -2.46. The minimum atomic E-state index is -0.943. The molecule has 2 aromatic rings. The maximum absolute atomic E-state index is 13.7. The molecule has 0 aromatic heterocycles. The summed E-state index contributed by atoms with van der Waals surface area (Å²) in [4.78, 5) is 26.3. The number of hydrogen-bond donors (Lipinski definition) is 2. The van der Waals surface area contributed by atoms with Gasteiger partial charge >= 0.3 is 0 Å². The zero-order valence-electron chi connectivity index (χ0n) is 16.3. The van der Waals surface area contributed by atoms with E-state index in [1.807, 2.05) is 25.1 Å². The molecule has 1 aliphatic carbocycles. The van der Waals surface area contributed by atoms with E-state index in [0.29, 0.717) is 10.9 Å². The zero-order chi connectivity index (χ0) is 20.3. The summed E-state index contributed by atoms with van der Waals surface area (Å²) in [6, 6.07) is 13.3. The van der Waals surface area contributed by atoms with Crippen molar-refractivity contribution in [3.63, 3.8) is 0 Å². The summed E-state index contributed by atoms with van der Waals surface area (Å²) in [5, 5.41) is 6.78. The lowest BCUT2D eigenvalue weighted by Crippen LogP contribution is -2.62. The first-order valence-corrected chi connectivity index (χ1v) is 10.4. The Morgan fingerprint density at radius 1 is 1.14 bits per heavy atom. The lowest BCUT2D eigenvalue weighted by molar-refractivity contribution is -0.130. The van der Waals surface area contributed by atoms with Crippen molar-refractivity contribution < 1.29 is 9.59 Å². The molecule has 0 bridgehead atoms. The van der Waals surface area contributed by atoms with Crippen LogP contribution in [0.2, 0.25) is 5.02 Å². The highest BCUT2D eigenvalue weighted by Crippen LogP contribution is 2.55. The van der Waals surface area contributed by atoms with Crippen LogP contribution in [0.15, 0.2) is 54.6 Å². The predicted octanol–water partition coefficient (Wildman–Crippen LogP) is 4.66. The van der Waals surface area contributed by atoms with E-state index in [9.17, 15) is 9.59 Å². The molecule has 1 saturated carbocycles. The number of benzene rings is 2. The Labute approximate surface area is 175 Å². The van der Waals surface area contributed by atoms with Gasteiger partial charge in [0.15, 0.2) is 0 Å². The quantitative estimate of drug-likeness (QED) is 0.728. The van der Waals surface area contributed by atoms with E-state index >= 15 is 0 Å². The number of halogens is 1. The molecule has 2 N–H and O–H groups in total. The van der Waals surface area contributed by atoms with Crippen LogP contribution in [-0.2, 0) is 15.0 Å². The van der Waals surface area contributed by atoms with Crippen molar-refractivity contribution in [2.75, 3.05) is 5.32 Å². The fourth-order valence-electron chi connectivity index (χ4n) is 5.17. The number of fused-ring (bicyclic) bond motifs is 2. The molecule has 4 nitrogen and oxygen atoms in total. The van der Waals surface area contributed by atoms with Gasteiger partial charge in [-0.1, -0.05) is 48.0 Å². The van der Waals surface area contributed by atoms with E-state index < -0.39 is 11.5 Å². The second-order valence-corrected chi connectivity index (χ2v) is 9.00. The number of hydrogen-bond acceptors (Lipinski definition) is 2. The van der Waals surface area contributed by atoms with Crippen molar-refractivity contribution in [3.8, 4) is 0 Å². The summed E-state index contributed by atoms with van der Waals surface area (Å²) >= 11 is 6.28. The van der Waals surface area contributed by atoms with E-state index in [1.165, 1.54) is 18.4 Å². The molecule has 2 aromatic carbocycles. The summed E-state index contributed by atoms with van der Waals surface area (Å²) in [6.07, 6.45) is 2.63. The van der Waals surface area contributed by atoms with Crippen LogP contribution in [0, 0.1) is 0 Å². The van der Waals surface area contributed by atoms with Gasteiger partial charge in [0, 0.05) is 23.0 Å². The van der Waals surface area contributed by atoms with Crippen LogP contribution < -0.4 is 10.6 Å². The topological polar surface area (TPSA) is 58.2 Å². The Bertz CT molecular complexity index is 1060. The van der Waals surface area contributed by atoms with Gasteiger partial charge in [-0.2, -0.15) is 0 Å². The summed E-state index contributed by atoms with van der Waals surface area (Å²) in [6.45, 7) is 5.99. The van der Waals surface area contributed by atoms with Crippen LogP contribution in [0.25, 0.3) is 0 Å².